The van der Waals surface area contributed by atoms with E-state index in [1.165, 1.54) is 35.5 Å². The first-order valence-corrected chi connectivity index (χ1v) is 10.0. The largest absolute Gasteiger partial charge is 0.353 e. The summed E-state index contributed by atoms with van der Waals surface area (Å²) < 4.78 is 13.6. The standard InChI is InChI=1S/C18H21FN2OS2/c19-14-6-1-2-7-16(14)24-13-18(22)20-12-15(17-8-5-11-23-17)21-9-3-4-10-21/h1-2,5-8,11,15H,3-4,9-10,12-13H2,(H,20,22). The number of hydrogen-bond donors (Lipinski definition) is 1. The minimum absolute atomic E-state index is 0.0518. The lowest BCUT2D eigenvalue weighted by Crippen LogP contribution is -2.37. The van der Waals surface area contributed by atoms with Gasteiger partial charge in [-0.05, 0) is 49.5 Å². The molecule has 1 fully saturated rings. The summed E-state index contributed by atoms with van der Waals surface area (Å²) >= 11 is 2.97. The van der Waals surface area contributed by atoms with Crippen LogP contribution in [-0.4, -0.2) is 36.2 Å². The van der Waals surface area contributed by atoms with Crippen LogP contribution in [0.1, 0.15) is 23.8 Å². The number of benzene rings is 1. The van der Waals surface area contributed by atoms with Crippen molar-refractivity contribution >= 4 is 29.0 Å². The van der Waals surface area contributed by atoms with Crippen LogP contribution in [-0.2, 0) is 4.79 Å². The number of nitrogens with one attached hydrogen (secondary N) is 1. The van der Waals surface area contributed by atoms with Gasteiger partial charge in [-0.3, -0.25) is 9.69 Å². The molecule has 128 valence electrons. The van der Waals surface area contributed by atoms with Gasteiger partial charge in [-0.25, -0.2) is 4.39 Å². The fraction of sp³-hybridized carbons (Fsp3) is 0.389. The predicted octanol–water partition coefficient (Wildman–Crippen LogP) is 3.93. The lowest BCUT2D eigenvalue weighted by molar-refractivity contribution is -0.118. The second kappa shape index (κ2) is 8.65. The molecule has 1 N–H and O–H groups in total. The van der Waals surface area contributed by atoms with Gasteiger partial charge in [0.25, 0.3) is 0 Å². The average Bonchev–Trinajstić information content (AvgIpc) is 3.28. The Balaban J connectivity index is 1.52. The zero-order valence-corrected chi connectivity index (χ0v) is 15.0. The highest BCUT2D eigenvalue weighted by molar-refractivity contribution is 8.00. The molecule has 24 heavy (non-hydrogen) atoms. The maximum absolute atomic E-state index is 13.6. The third-order valence-electron chi connectivity index (χ3n) is 4.14. The van der Waals surface area contributed by atoms with E-state index in [2.05, 4.69) is 27.7 Å². The number of nitrogens with zero attached hydrogens (tertiary/aromatic N) is 1. The Kier molecular flexibility index (Phi) is 6.29. The highest BCUT2D eigenvalue weighted by Crippen LogP contribution is 2.28. The molecule has 0 aliphatic carbocycles. The highest BCUT2D eigenvalue weighted by atomic mass is 32.2. The van der Waals surface area contributed by atoms with E-state index in [1.807, 2.05) is 0 Å². The van der Waals surface area contributed by atoms with Crippen LogP contribution in [0, 0.1) is 5.82 Å². The second-order valence-electron chi connectivity index (χ2n) is 5.80. The third kappa shape index (κ3) is 4.59. The lowest BCUT2D eigenvalue weighted by Gasteiger charge is -2.26. The van der Waals surface area contributed by atoms with Crippen LogP contribution >= 0.6 is 23.1 Å². The molecule has 1 amide bonds. The second-order valence-corrected chi connectivity index (χ2v) is 7.79. The molecular formula is C18H21FN2OS2. The summed E-state index contributed by atoms with van der Waals surface area (Å²) in [6.45, 7) is 2.78. The first-order valence-electron chi connectivity index (χ1n) is 8.15. The van der Waals surface area contributed by atoms with E-state index in [0.29, 0.717) is 11.4 Å². The normalized spacial score (nSPS) is 16.2. The summed E-state index contributed by atoms with van der Waals surface area (Å²) in [7, 11) is 0. The molecule has 1 atom stereocenters. The number of thioether (sulfide) groups is 1. The number of halogens is 1. The van der Waals surface area contributed by atoms with E-state index in [-0.39, 0.29) is 23.5 Å². The zero-order chi connectivity index (χ0) is 16.8. The van der Waals surface area contributed by atoms with Crippen molar-refractivity contribution in [2.45, 2.75) is 23.8 Å². The minimum Gasteiger partial charge on any atom is -0.353 e. The Labute approximate surface area is 150 Å². The van der Waals surface area contributed by atoms with Crippen LogP contribution < -0.4 is 5.32 Å². The number of carbonyl (C=O) groups excluding carboxylic acids is 1. The van der Waals surface area contributed by atoms with Gasteiger partial charge in [0.2, 0.25) is 5.91 Å². The van der Waals surface area contributed by atoms with E-state index in [4.69, 9.17) is 0 Å². The first-order chi connectivity index (χ1) is 11.7. The van der Waals surface area contributed by atoms with Gasteiger partial charge in [0.05, 0.1) is 11.8 Å². The molecular weight excluding hydrogens is 343 g/mol. The number of carbonyl (C=O) groups is 1. The van der Waals surface area contributed by atoms with Crippen LogP contribution in [0.2, 0.25) is 0 Å². The molecule has 6 heteroatoms. The van der Waals surface area contributed by atoms with Gasteiger partial charge in [0.15, 0.2) is 0 Å². The van der Waals surface area contributed by atoms with Gasteiger partial charge in [-0.2, -0.15) is 0 Å². The molecule has 1 aromatic heterocycles. The molecule has 2 heterocycles. The minimum atomic E-state index is -0.274. The van der Waals surface area contributed by atoms with Gasteiger partial charge in [-0.1, -0.05) is 18.2 Å². The summed E-state index contributed by atoms with van der Waals surface area (Å²) in [5, 5.41) is 5.10. The van der Waals surface area contributed by atoms with Crippen molar-refractivity contribution in [3.63, 3.8) is 0 Å². The van der Waals surface area contributed by atoms with Crippen molar-refractivity contribution in [2.24, 2.45) is 0 Å². The first kappa shape index (κ1) is 17.5. The van der Waals surface area contributed by atoms with Gasteiger partial charge < -0.3 is 5.32 Å². The van der Waals surface area contributed by atoms with Gasteiger partial charge in [0, 0.05) is 16.3 Å². The molecule has 0 saturated carbocycles. The maximum atomic E-state index is 13.6. The summed E-state index contributed by atoms with van der Waals surface area (Å²) in [5.41, 5.74) is 0. The quantitative estimate of drug-likeness (QED) is 0.756. The highest BCUT2D eigenvalue weighted by Gasteiger charge is 2.24. The topological polar surface area (TPSA) is 32.3 Å². The fourth-order valence-electron chi connectivity index (χ4n) is 2.91. The Morgan fingerprint density at radius 3 is 2.75 bits per heavy atom. The Morgan fingerprint density at radius 1 is 1.25 bits per heavy atom. The van der Waals surface area contributed by atoms with E-state index >= 15 is 0 Å². The molecule has 0 spiro atoms. The van der Waals surface area contributed by atoms with Gasteiger partial charge in [-0.15, -0.1) is 23.1 Å². The number of thiophene rings is 1. The Morgan fingerprint density at radius 2 is 2.04 bits per heavy atom. The lowest BCUT2D eigenvalue weighted by atomic mass is 10.2. The van der Waals surface area contributed by atoms with E-state index in [0.717, 1.165) is 13.1 Å². The molecule has 2 aromatic rings. The Hall–Kier alpha value is -1.37. The van der Waals surface area contributed by atoms with Crippen molar-refractivity contribution in [2.75, 3.05) is 25.4 Å². The van der Waals surface area contributed by atoms with Crippen LogP contribution in [0.4, 0.5) is 4.39 Å². The molecule has 3 nitrogen and oxygen atoms in total. The third-order valence-corrected chi connectivity index (χ3v) is 6.16. The van der Waals surface area contributed by atoms with Crippen molar-refractivity contribution in [3.05, 3.63) is 52.5 Å². The smallest absolute Gasteiger partial charge is 0.230 e. The van der Waals surface area contributed by atoms with E-state index in [1.54, 1.807) is 29.5 Å². The monoisotopic (exact) mass is 364 g/mol. The molecule has 1 unspecified atom stereocenters. The summed E-state index contributed by atoms with van der Waals surface area (Å²) in [6, 6.07) is 11.0. The average molecular weight is 365 g/mol. The van der Waals surface area contributed by atoms with Gasteiger partial charge in [0.1, 0.15) is 5.82 Å². The molecule has 1 aromatic carbocycles. The van der Waals surface area contributed by atoms with Crippen LogP contribution in [0.15, 0.2) is 46.7 Å². The molecule has 3 rings (SSSR count). The molecule has 1 aliphatic rings. The van der Waals surface area contributed by atoms with E-state index < -0.39 is 0 Å². The van der Waals surface area contributed by atoms with Crippen molar-refractivity contribution in [3.8, 4) is 0 Å². The van der Waals surface area contributed by atoms with Crippen molar-refractivity contribution in [1.82, 2.24) is 10.2 Å². The number of rotatable bonds is 7. The summed E-state index contributed by atoms with van der Waals surface area (Å²) in [6.07, 6.45) is 2.44. The van der Waals surface area contributed by atoms with Gasteiger partial charge >= 0.3 is 0 Å². The maximum Gasteiger partial charge on any atom is 0.230 e. The van der Waals surface area contributed by atoms with Crippen LogP contribution in [0.5, 0.6) is 0 Å². The van der Waals surface area contributed by atoms with Crippen molar-refractivity contribution < 1.29 is 9.18 Å². The predicted molar refractivity (Wildman–Crippen MR) is 98.0 cm³/mol. The molecule has 1 aliphatic heterocycles. The summed E-state index contributed by atoms with van der Waals surface area (Å²) in [5.74, 6) is -0.0919. The number of likely N-dealkylation sites (tertiary alicyclic amines) is 1. The molecule has 0 bridgehead atoms. The molecule has 1 saturated heterocycles. The zero-order valence-electron chi connectivity index (χ0n) is 13.4. The number of hydrogen-bond acceptors (Lipinski definition) is 4. The fourth-order valence-corrected chi connectivity index (χ4v) is 4.54. The molecule has 0 radical (unpaired) electrons. The van der Waals surface area contributed by atoms with E-state index in [9.17, 15) is 9.18 Å². The Bertz CT molecular complexity index is 657. The SMILES string of the molecule is O=C(CSc1ccccc1F)NCC(c1cccs1)N1CCCC1. The number of amides is 1. The summed E-state index contributed by atoms with van der Waals surface area (Å²) in [4.78, 5) is 16.4. The van der Waals surface area contributed by atoms with Crippen LogP contribution in [0.25, 0.3) is 0 Å². The van der Waals surface area contributed by atoms with Crippen molar-refractivity contribution in [1.29, 1.82) is 0 Å². The van der Waals surface area contributed by atoms with Crippen LogP contribution in [0.3, 0.4) is 0 Å².